The van der Waals surface area contributed by atoms with E-state index in [1.54, 1.807) is 24.0 Å². The van der Waals surface area contributed by atoms with Crippen LogP contribution in [-0.4, -0.2) is 47.9 Å². The van der Waals surface area contributed by atoms with Crippen molar-refractivity contribution >= 4 is 23.7 Å². The predicted molar refractivity (Wildman–Crippen MR) is 103 cm³/mol. The van der Waals surface area contributed by atoms with Gasteiger partial charge in [-0.1, -0.05) is 17.7 Å². The molecule has 0 N–H and O–H groups in total. The van der Waals surface area contributed by atoms with E-state index >= 15 is 0 Å². The zero-order valence-corrected chi connectivity index (χ0v) is 17.1. The molecule has 27 heavy (non-hydrogen) atoms. The number of likely N-dealkylation sites (tertiary alicyclic amines) is 1. The second-order valence-electron chi connectivity index (χ2n) is 7.56. The number of amides is 1. The molecule has 1 fully saturated rings. The Kier molecular flexibility index (Phi) is 7.36. The highest BCUT2D eigenvalue weighted by molar-refractivity contribution is 6.30. The van der Waals surface area contributed by atoms with Gasteiger partial charge < -0.3 is 19.1 Å². The van der Waals surface area contributed by atoms with Gasteiger partial charge in [-0.3, -0.25) is 4.79 Å². The Morgan fingerprint density at radius 1 is 1.30 bits per heavy atom. The van der Waals surface area contributed by atoms with Crippen LogP contribution < -0.4 is 4.74 Å². The first kappa shape index (κ1) is 21.4. The van der Waals surface area contributed by atoms with E-state index < -0.39 is 11.7 Å². The second kappa shape index (κ2) is 9.31. The second-order valence-corrected chi connectivity index (χ2v) is 8.00. The van der Waals surface area contributed by atoms with E-state index in [2.05, 4.69) is 0 Å². The maximum absolute atomic E-state index is 12.6. The molecular weight excluding hydrogens is 370 g/mol. The molecule has 0 radical (unpaired) electrons. The average Bonchev–Trinajstić information content (AvgIpc) is 2.94. The lowest BCUT2D eigenvalue weighted by Crippen LogP contribution is -2.40. The van der Waals surface area contributed by atoms with Crippen LogP contribution in [0.4, 0.5) is 4.79 Å². The summed E-state index contributed by atoms with van der Waals surface area (Å²) in [5, 5.41) is 0.591. The van der Waals surface area contributed by atoms with Crippen LogP contribution in [0.2, 0.25) is 5.02 Å². The summed E-state index contributed by atoms with van der Waals surface area (Å²) in [5.74, 6) is 0.392. The zero-order chi connectivity index (χ0) is 20.0. The van der Waals surface area contributed by atoms with Crippen molar-refractivity contribution < 1.29 is 23.8 Å². The minimum Gasteiger partial charge on any atom is -0.488 e. The largest absolute Gasteiger partial charge is 0.488 e. The van der Waals surface area contributed by atoms with Gasteiger partial charge in [0, 0.05) is 23.9 Å². The molecule has 0 saturated carbocycles. The first-order valence-corrected chi connectivity index (χ1v) is 9.63. The van der Waals surface area contributed by atoms with Gasteiger partial charge in [0.25, 0.3) is 0 Å². The van der Waals surface area contributed by atoms with Gasteiger partial charge in [-0.25, -0.2) is 4.79 Å². The highest BCUT2D eigenvalue weighted by Gasteiger charge is 2.38. The molecule has 1 aliphatic heterocycles. The normalized spacial score (nSPS) is 19.7. The van der Waals surface area contributed by atoms with Crippen molar-refractivity contribution in [2.24, 2.45) is 0 Å². The van der Waals surface area contributed by atoms with Crippen molar-refractivity contribution in [1.29, 1.82) is 0 Å². The zero-order valence-electron chi connectivity index (χ0n) is 16.4. The highest BCUT2D eigenvalue weighted by Crippen LogP contribution is 2.28. The SMILES string of the molecule is CCOC(=O)CC[C@@H]1C[C@H](Oc2cccc(Cl)c2)CN1C(=O)OC(C)(C)C. The van der Waals surface area contributed by atoms with Crippen LogP contribution in [0.25, 0.3) is 0 Å². The van der Waals surface area contributed by atoms with Crippen molar-refractivity contribution in [3.63, 3.8) is 0 Å². The van der Waals surface area contributed by atoms with Crippen LogP contribution in [0.3, 0.4) is 0 Å². The van der Waals surface area contributed by atoms with E-state index in [1.807, 2.05) is 32.9 Å². The number of benzene rings is 1. The van der Waals surface area contributed by atoms with Crippen LogP contribution in [0.5, 0.6) is 5.75 Å². The molecule has 7 heteroatoms. The third kappa shape index (κ3) is 6.94. The molecule has 1 aromatic carbocycles. The van der Waals surface area contributed by atoms with Crippen LogP contribution in [0.15, 0.2) is 24.3 Å². The van der Waals surface area contributed by atoms with E-state index in [4.69, 9.17) is 25.8 Å². The number of hydrogen-bond donors (Lipinski definition) is 0. The number of halogens is 1. The summed E-state index contributed by atoms with van der Waals surface area (Å²) in [6, 6.07) is 7.02. The number of nitrogens with zero attached hydrogens (tertiary/aromatic N) is 1. The number of rotatable bonds is 6. The highest BCUT2D eigenvalue weighted by atomic mass is 35.5. The van der Waals surface area contributed by atoms with Gasteiger partial charge in [0.05, 0.1) is 13.2 Å². The minimum absolute atomic E-state index is 0.145. The van der Waals surface area contributed by atoms with Gasteiger partial charge in [-0.15, -0.1) is 0 Å². The van der Waals surface area contributed by atoms with Gasteiger partial charge in [-0.05, 0) is 52.3 Å². The number of carbonyl (C=O) groups is 2. The van der Waals surface area contributed by atoms with Crippen LogP contribution >= 0.6 is 11.6 Å². The lowest BCUT2D eigenvalue weighted by atomic mass is 10.1. The van der Waals surface area contributed by atoms with Crippen molar-refractivity contribution in [1.82, 2.24) is 4.90 Å². The molecule has 1 aromatic rings. The standard InChI is InChI=1S/C20H28ClNO5/c1-5-25-18(23)10-9-15-12-17(26-16-8-6-7-14(21)11-16)13-22(15)19(24)27-20(2,3)4/h6-8,11,15,17H,5,9-10,12-13H2,1-4H3/t15-,17+/m1/s1. The average molecular weight is 398 g/mol. The molecule has 1 amide bonds. The van der Waals surface area contributed by atoms with E-state index in [-0.39, 0.29) is 24.5 Å². The number of esters is 1. The Labute approximate surface area is 165 Å². The molecule has 2 atom stereocenters. The monoisotopic (exact) mass is 397 g/mol. The smallest absolute Gasteiger partial charge is 0.410 e. The summed E-state index contributed by atoms with van der Waals surface area (Å²) in [6.45, 7) is 8.00. The third-order valence-corrected chi connectivity index (χ3v) is 4.33. The fourth-order valence-electron chi connectivity index (χ4n) is 3.03. The Hall–Kier alpha value is -1.95. The number of ether oxygens (including phenoxy) is 3. The fourth-order valence-corrected chi connectivity index (χ4v) is 3.21. The molecule has 2 rings (SSSR count). The predicted octanol–water partition coefficient (Wildman–Crippen LogP) is 4.44. The lowest BCUT2D eigenvalue weighted by molar-refractivity contribution is -0.143. The minimum atomic E-state index is -0.589. The summed E-state index contributed by atoms with van der Waals surface area (Å²) >= 11 is 6.01. The first-order valence-electron chi connectivity index (χ1n) is 9.25. The van der Waals surface area contributed by atoms with Crippen LogP contribution in [0.1, 0.15) is 47.0 Å². The topological polar surface area (TPSA) is 65.1 Å². The van der Waals surface area contributed by atoms with Gasteiger partial charge >= 0.3 is 12.1 Å². The van der Waals surface area contributed by atoms with Gasteiger partial charge in [-0.2, -0.15) is 0 Å². The summed E-state index contributed by atoms with van der Waals surface area (Å²) in [5.41, 5.74) is -0.589. The van der Waals surface area contributed by atoms with Crippen LogP contribution in [-0.2, 0) is 14.3 Å². The number of hydrogen-bond acceptors (Lipinski definition) is 5. The van der Waals surface area contributed by atoms with E-state index in [0.717, 1.165) is 0 Å². The molecule has 6 nitrogen and oxygen atoms in total. The third-order valence-electron chi connectivity index (χ3n) is 4.09. The lowest BCUT2D eigenvalue weighted by Gasteiger charge is -2.28. The summed E-state index contributed by atoms with van der Waals surface area (Å²) in [7, 11) is 0. The first-order chi connectivity index (χ1) is 12.7. The Balaban J connectivity index is 2.05. The molecular formula is C20H28ClNO5. The van der Waals surface area contributed by atoms with Crippen molar-refractivity contribution in [3.8, 4) is 5.75 Å². The van der Waals surface area contributed by atoms with Crippen molar-refractivity contribution in [2.75, 3.05) is 13.2 Å². The Bertz CT molecular complexity index is 658. The molecule has 0 bridgehead atoms. The van der Waals surface area contributed by atoms with Gasteiger partial charge in [0.2, 0.25) is 0 Å². The molecule has 0 aliphatic carbocycles. The van der Waals surface area contributed by atoms with Gasteiger partial charge in [0.1, 0.15) is 17.5 Å². The Morgan fingerprint density at radius 3 is 2.67 bits per heavy atom. The Morgan fingerprint density at radius 2 is 2.04 bits per heavy atom. The van der Waals surface area contributed by atoms with Gasteiger partial charge in [0.15, 0.2) is 0 Å². The van der Waals surface area contributed by atoms with Crippen LogP contribution in [0, 0.1) is 0 Å². The molecule has 150 valence electrons. The molecule has 1 aliphatic rings. The number of carbonyl (C=O) groups excluding carboxylic acids is 2. The molecule has 0 spiro atoms. The molecule has 1 heterocycles. The summed E-state index contributed by atoms with van der Waals surface area (Å²) in [4.78, 5) is 26.0. The molecule has 0 aromatic heterocycles. The van der Waals surface area contributed by atoms with E-state index in [9.17, 15) is 9.59 Å². The summed E-state index contributed by atoms with van der Waals surface area (Å²) in [6.07, 6.45) is 0.789. The maximum Gasteiger partial charge on any atom is 0.410 e. The van der Waals surface area contributed by atoms with Crippen molar-refractivity contribution in [3.05, 3.63) is 29.3 Å². The summed E-state index contributed by atoms with van der Waals surface area (Å²) < 4.78 is 16.5. The van der Waals surface area contributed by atoms with E-state index in [1.165, 1.54) is 0 Å². The molecule has 0 unspecified atom stereocenters. The van der Waals surface area contributed by atoms with Crippen molar-refractivity contribution in [2.45, 2.75) is 64.7 Å². The maximum atomic E-state index is 12.6. The fraction of sp³-hybridized carbons (Fsp3) is 0.600. The quantitative estimate of drug-likeness (QED) is 0.664. The molecule has 1 saturated heterocycles. The van der Waals surface area contributed by atoms with E-state index in [0.29, 0.717) is 36.8 Å².